The molecule has 4 fully saturated rings. The fraction of sp³-hybridized carbons (Fsp3) is 0.581. The number of hydrogen-bond donors (Lipinski definition) is 2. The van der Waals surface area contributed by atoms with E-state index in [1.807, 2.05) is 4.90 Å². The zero-order valence-electron chi connectivity index (χ0n) is 25.0. The van der Waals surface area contributed by atoms with E-state index in [1.165, 1.54) is 12.3 Å². The fourth-order valence-corrected chi connectivity index (χ4v) is 8.17. The first-order valence-electron chi connectivity index (χ1n) is 15.1. The van der Waals surface area contributed by atoms with E-state index in [0.717, 1.165) is 88.7 Å². The molecule has 3 aliphatic heterocycles. The molecule has 4 aliphatic rings. The van der Waals surface area contributed by atoms with Gasteiger partial charge in [-0.15, -0.1) is 0 Å². The van der Waals surface area contributed by atoms with Crippen LogP contribution < -0.4 is 10.6 Å². The lowest BCUT2D eigenvalue weighted by Gasteiger charge is -2.58. The van der Waals surface area contributed by atoms with Gasteiger partial charge in [0.25, 0.3) is 0 Å². The van der Waals surface area contributed by atoms with Gasteiger partial charge >= 0.3 is 0 Å². The summed E-state index contributed by atoms with van der Waals surface area (Å²) >= 11 is 13.5. The second-order valence-corrected chi connectivity index (χ2v) is 13.3. The van der Waals surface area contributed by atoms with Crippen LogP contribution in [0.2, 0.25) is 10.0 Å². The highest BCUT2D eigenvalue weighted by molar-refractivity contribution is 6.44. The first-order chi connectivity index (χ1) is 20.7. The summed E-state index contributed by atoms with van der Waals surface area (Å²) in [4.78, 5) is 18.9. The van der Waals surface area contributed by atoms with E-state index < -0.39 is 0 Å². The van der Waals surface area contributed by atoms with Crippen molar-refractivity contribution in [2.24, 2.45) is 5.41 Å². The minimum absolute atomic E-state index is 0.00893. The highest BCUT2D eigenvalue weighted by Gasteiger charge is 2.54. The third-order valence-electron chi connectivity index (χ3n) is 9.89. The number of anilines is 2. The van der Waals surface area contributed by atoms with Gasteiger partial charge in [-0.25, -0.2) is 0 Å². The standard InChI is InChI=1S/C31H41Cl2N7O3/c1-4-26(41)38-17-31(18-38)12-21(13-31)40-19(2)27(28-23(14-34)25(35)11-24(32)29(28)33)30(36-40)39-8-7-37(15-22(39)16-42-3)20-5-9-43-10-6-20/h4,11,14,20-22,34H,1,5-10,12-13,15-18,35H2,2-3H3. The number of nitrogens with zero attached hydrogens (tertiary/aromatic N) is 5. The SMILES string of the molecule is C=CC(=O)N1CC2(CC(n3nc(N4CCN(C5CCOCC5)CC4COC)c(-c4c(Cl)c(Cl)cc(N)c4C=N)c3C)C2)C1. The molecule has 6 rings (SSSR count). The van der Waals surface area contributed by atoms with E-state index in [1.54, 1.807) is 13.2 Å². The van der Waals surface area contributed by atoms with E-state index in [4.69, 9.17) is 48.9 Å². The summed E-state index contributed by atoms with van der Waals surface area (Å²) in [5, 5.41) is 14.3. The quantitative estimate of drug-likeness (QED) is 0.253. The Morgan fingerprint density at radius 1 is 1.23 bits per heavy atom. The molecule has 1 unspecified atom stereocenters. The van der Waals surface area contributed by atoms with Crippen molar-refractivity contribution in [1.82, 2.24) is 19.6 Å². The van der Waals surface area contributed by atoms with Crippen molar-refractivity contribution in [1.29, 1.82) is 5.41 Å². The zero-order chi connectivity index (χ0) is 30.5. The molecule has 0 radical (unpaired) electrons. The van der Waals surface area contributed by atoms with Crippen molar-refractivity contribution >= 4 is 46.8 Å². The van der Waals surface area contributed by atoms with Crippen LogP contribution in [0.5, 0.6) is 0 Å². The van der Waals surface area contributed by atoms with Crippen LogP contribution in [0.15, 0.2) is 18.7 Å². The third kappa shape index (κ3) is 5.35. The van der Waals surface area contributed by atoms with Crippen LogP contribution in [0.4, 0.5) is 11.5 Å². The number of nitrogen functional groups attached to an aromatic ring is 1. The minimum Gasteiger partial charge on any atom is -0.398 e. The number of hydrogen-bond acceptors (Lipinski definition) is 8. The first-order valence-corrected chi connectivity index (χ1v) is 15.8. The molecule has 1 aromatic carbocycles. The van der Waals surface area contributed by atoms with Crippen LogP contribution in [0, 0.1) is 17.7 Å². The summed E-state index contributed by atoms with van der Waals surface area (Å²) in [7, 11) is 1.74. The summed E-state index contributed by atoms with van der Waals surface area (Å²) in [6, 6.07) is 2.37. The lowest BCUT2D eigenvalue weighted by atomic mass is 9.60. The monoisotopic (exact) mass is 629 g/mol. The van der Waals surface area contributed by atoms with Crippen molar-refractivity contribution in [2.45, 2.75) is 50.7 Å². The second kappa shape index (κ2) is 12.0. The lowest BCUT2D eigenvalue weighted by Crippen LogP contribution is -2.63. The predicted octanol–water partition coefficient (Wildman–Crippen LogP) is 4.41. The number of nitrogens with two attached hydrogens (primary N) is 1. The van der Waals surface area contributed by atoms with E-state index in [0.29, 0.717) is 39.5 Å². The summed E-state index contributed by atoms with van der Waals surface area (Å²) in [6.45, 7) is 11.9. The molecule has 1 atom stereocenters. The van der Waals surface area contributed by atoms with E-state index in [9.17, 15) is 4.79 Å². The van der Waals surface area contributed by atoms with Gasteiger partial charge in [-0.1, -0.05) is 29.8 Å². The average Bonchev–Trinajstić information content (AvgIpc) is 3.29. The number of carbonyl (C=O) groups is 1. The van der Waals surface area contributed by atoms with Gasteiger partial charge in [-0.05, 0) is 44.7 Å². The molecule has 1 amide bonds. The van der Waals surface area contributed by atoms with Crippen LogP contribution >= 0.6 is 23.2 Å². The number of rotatable bonds is 8. The lowest BCUT2D eigenvalue weighted by molar-refractivity contribution is -0.149. The van der Waals surface area contributed by atoms with Gasteiger partial charge < -0.3 is 30.4 Å². The smallest absolute Gasteiger partial charge is 0.245 e. The molecule has 3 N–H and O–H groups in total. The maximum absolute atomic E-state index is 12.1. The number of likely N-dealkylation sites (tertiary alicyclic amines) is 1. The number of halogens is 2. The molecule has 0 bridgehead atoms. The minimum atomic E-state index is -0.00893. The highest BCUT2D eigenvalue weighted by Crippen LogP contribution is 2.55. The van der Waals surface area contributed by atoms with Crippen molar-refractivity contribution in [2.75, 3.05) is 70.3 Å². The molecule has 3 saturated heterocycles. The molecule has 43 heavy (non-hydrogen) atoms. The van der Waals surface area contributed by atoms with Gasteiger partial charge in [0.05, 0.1) is 28.7 Å². The first kappa shape index (κ1) is 30.4. The zero-order valence-corrected chi connectivity index (χ0v) is 26.5. The van der Waals surface area contributed by atoms with E-state index in [2.05, 4.69) is 28.0 Å². The Hall–Kier alpha value is -2.63. The summed E-state index contributed by atoms with van der Waals surface area (Å²) in [6.07, 6.45) is 6.60. The molecule has 1 aromatic heterocycles. The van der Waals surface area contributed by atoms with Crippen LogP contribution in [-0.2, 0) is 14.3 Å². The second-order valence-electron chi connectivity index (χ2n) is 12.5. The fourth-order valence-electron chi connectivity index (χ4n) is 7.71. The molecule has 4 heterocycles. The summed E-state index contributed by atoms with van der Waals surface area (Å²) in [5.41, 5.74) is 9.93. The van der Waals surface area contributed by atoms with Crippen LogP contribution in [0.1, 0.15) is 43.0 Å². The molecule has 2 aromatic rings. The Bertz CT molecular complexity index is 1410. The largest absolute Gasteiger partial charge is 0.398 e. The Morgan fingerprint density at radius 2 is 1.95 bits per heavy atom. The topological polar surface area (TPSA) is 113 Å². The molecule has 1 spiro atoms. The van der Waals surface area contributed by atoms with Crippen LogP contribution in [0.3, 0.4) is 0 Å². The predicted molar refractivity (Wildman–Crippen MR) is 171 cm³/mol. The van der Waals surface area contributed by atoms with Crippen molar-refractivity contribution in [3.63, 3.8) is 0 Å². The number of ether oxygens (including phenoxy) is 2. The average molecular weight is 631 g/mol. The molecule has 1 saturated carbocycles. The van der Waals surface area contributed by atoms with E-state index >= 15 is 0 Å². The number of carbonyl (C=O) groups excluding carboxylic acids is 1. The molecule has 232 valence electrons. The number of benzene rings is 1. The Kier molecular flexibility index (Phi) is 8.52. The summed E-state index contributed by atoms with van der Waals surface area (Å²) < 4.78 is 13.5. The van der Waals surface area contributed by atoms with Gasteiger partial charge in [0.2, 0.25) is 5.91 Å². The molecule has 10 nitrogen and oxygen atoms in total. The number of piperazine rings is 1. The van der Waals surface area contributed by atoms with Gasteiger partial charge in [0.15, 0.2) is 5.82 Å². The van der Waals surface area contributed by atoms with Gasteiger partial charge in [-0.3, -0.25) is 14.4 Å². The third-order valence-corrected chi connectivity index (χ3v) is 10.7. The number of nitrogens with one attached hydrogen (secondary N) is 1. The Labute approximate surface area is 263 Å². The van der Waals surface area contributed by atoms with Crippen LogP contribution in [0.25, 0.3) is 11.1 Å². The van der Waals surface area contributed by atoms with Gasteiger partial charge in [0, 0.05) is 98.8 Å². The number of amides is 1. The Morgan fingerprint density at radius 3 is 2.60 bits per heavy atom. The Balaban J connectivity index is 1.38. The molecule has 12 heteroatoms. The maximum Gasteiger partial charge on any atom is 0.245 e. The normalized spacial score (nSPS) is 22.8. The van der Waals surface area contributed by atoms with E-state index in [-0.39, 0.29) is 23.4 Å². The molecular weight excluding hydrogens is 589 g/mol. The highest BCUT2D eigenvalue weighted by atomic mass is 35.5. The number of methoxy groups -OCH3 is 1. The van der Waals surface area contributed by atoms with Gasteiger partial charge in [0.1, 0.15) is 0 Å². The van der Waals surface area contributed by atoms with Gasteiger partial charge in [-0.2, -0.15) is 5.10 Å². The summed E-state index contributed by atoms with van der Waals surface area (Å²) in [5.74, 6) is 0.807. The maximum atomic E-state index is 12.1. The number of aromatic nitrogens is 2. The van der Waals surface area contributed by atoms with Crippen molar-refractivity contribution in [3.05, 3.63) is 40.0 Å². The van der Waals surface area contributed by atoms with Crippen LogP contribution in [-0.4, -0.2) is 103 Å². The van der Waals surface area contributed by atoms with Crippen molar-refractivity contribution in [3.8, 4) is 11.1 Å². The molecule has 1 aliphatic carbocycles. The van der Waals surface area contributed by atoms with Crippen molar-refractivity contribution < 1.29 is 14.3 Å². The molecular formula is C31H41Cl2N7O3.